The van der Waals surface area contributed by atoms with Gasteiger partial charge in [-0.15, -0.1) is 0 Å². The molecule has 0 N–H and O–H groups in total. The van der Waals surface area contributed by atoms with Crippen LogP contribution in [0.15, 0.2) is 12.8 Å². The summed E-state index contributed by atoms with van der Waals surface area (Å²) < 4.78 is 0. The van der Waals surface area contributed by atoms with E-state index in [4.69, 9.17) is 0 Å². The molecule has 0 aromatic carbocycles. The summed E-state index contributed by atoms with van der Waals surface area (Å²) in [6.07, 6.45) is 16.1. The Balaban J connectivity index is 3.58. The molecule has 0 aromatic heterocycles. The van der Waals surface area contributed by atoms with Crippen molar-refractivity contribution in [3.05, 3.63) is 12.8 Å². The van der Waals surface area contributed by atoms with Gasteiger partial charge in [-0.3, -0.25) is 9.59 Å². The molecule has 0 aliphatic rings. The maximum absolute atomic E-state index is 11.3. The summed E-state index contributed by atoms with van der Waals surface area (Å²) in [5.41, 5.74) is 0. The fourth-order valence-corrected chi connectivity index (χ4v) is 2.49. The standard InChI is InChI=1S/C18H32NO2/c1-4-6-7-8-9-10-11-12-13-14-15-19(5-2)18(16-20)17(3)21/h5,18H,2,4,6-15H2,1,3H3. The predicted octanol–water partition coefficient (Wildman–Crippen LogP) is 4.42. The van der Waals surface area contributed by atoms with E-state index in [9.17, 15) is 9.59 Å². The minimum absolute atomic E-state index is 0.169. The zero-order valence-electron chi connectivity index (χ0n) is 13.9. The van der Waals surface area contributed by atoms with Gasteiger partial charge in [0.15, 0.2) is 11.8 Å². The number of carbonyl (C=O) groups excluding carboxylic acids is 2. The second-order valence-electron chi connectivity index (χ2n) is 5.73. The number of rotatable bonds is 15. The fraction of sp³-hybridized carbons (Fsp3) is 0.778. The summed E-state index contributed by atoms with van der Waals surface area (Å²) >= 11 is 0. The maximum Gasteiger partial charge on any atom is 0.231 e. The Hall–Kier alpha value is -1.12. The molecule has 0 aromatic rings. The Morgan fingerprint density at radius 2 is 1.52 bits per heavy atom. The molecule has 0 saturated carbocycles. The van der Waals surface area contributed by atoms with E-state index in [0.717, 1.165) is 12.8 Å². The van der Waals surface area contributed by atoms with Gasteiger partial charge in [0, 0.05) is 6.54 Å². The Morgan fingerprint density at radius 1 is 1.05 bits per heavy atom. The number of Topliss-reactive ketones (excluding diaryl/α,β-unsaturated/α-hetero) is 1. The lowest BCUT2D eigenvalue weighted by Crippen LogP contribution is -2.38. The van der Waals surface area contributed by atoms with Gasteiger partial charge in [0.2, 0.25) is 6.29 Å². The third-order valence-electron chi connectivity index (χ3n) is 3.83. The van der Waals surface area contributed by atoms with E-state index in [0.29, 0.717) is 6.54 Å². The molecule has 0 spiro atoms. The van der Waals surface area contributed by atoms with Crippen LogP contribution in [-0.4, -0.2) is 29.6 Å². The normalized spacial score (nSPS) is 11.9. The van der Waals surface area contributed by atoms with Crippen LogP contribution in [0.25, 0.3) is 0 Å². The highest BCUT2D eigenvalue weighted by atomic mass is 16.1. The Morgan fingerprint density at radius 3 is 1.90 bits per heavy atom. The van der Waals surface area contributed by atoms with Crippen molar-refractivity contribution in [3.63, 3.8) is 0 Å². The molecule has 21 heavy (non-hydrogen) atoms. The number of hydrogen-bond acceptors (Lipinski definition) is 3. The quantitative estimate of drug-likeness (QED) is 0.331. The van der Waals surface area contributed by atoms with Crippen molar-refractivity contribution < 1.29 is 9.59 Å². The summed E-state index contributed by atoms with van der Waals surface area (Å²) in [6.45, 7) is 8.04. The molecule has 0 saturated heterocycles. The van der Waals surface area contributed by atoms with Gasteiger partial charge in [-0.1, -0.05) is 71.3 Å². The van der Waals surface area contributed by atoms with Crippen molar-refractivity contribution in [2.45, 2.75) is 84.1 Å². The van der Waals surface area contributed by atoms with Crippen LogP contribution in [-0.2, 0) is 9.59 Å². The first-order chi connectivity index (χ1) is 10.2. The van der Waals surface area contributed by atoms with Crippen molar-refractivity contribution in [1.29, 1.82) is 0 Å². The fourth-order valence-electron chi connectivity index (χ4n) is 2.49. The van der Waals surface area contributed by atoms with Gasteiger partial charge in [0.1, 0.15) is 0 Å². The highest BCUT2D eigenvalue weighted by molar-refractivity contribution is 5.96. The summed E-state index contributed by atoms with van der Waals surface area (Å²) in [5, 5.41) is 0. The minimum Gasteiger partial charge on any atom is -0.361 e. The van der Waals surface area contributed by atoms with E-state index in [-0.39, 0.29) is 5.78 Å². The monoisotopic (exact) mass is 294 g/mol. The smallest absolute Gasteiger partial charge is 0.231 e. The molecule has 0 heterocycles. The van der Waals surface area contributed by atoms with Gasteiger partial charge in [0.05, 0.1) is 0 Å². The first-order valence-corrected chi connectivity index (χ1v) is 8.43. The van der Waals surface area contributed by atoms with Crippen LogP contribution >= 0.6 is 0 Å². The van der Waals surface area contributed by atoms with Gasteiger partial charge in [-0.05, 0) is 19.5 Å². The summed E-state index contributed by atoms with van der Waals surface area (Å²) in [4.78, 5) is 23.8. The molecule has 1 atom stereocenters. The number of unbranched alkanes of at least 4 members (excludes halogenated alkanes) is 9. The lowest BCUT2D eigenvalue weighted by atomic mass is 10.1. The van der Waals surface area contributed by atoms with Crippen molar-refractivity contribution in [2.75, 3.05) is 6.54 Å². The van der Waals surface area contributed by atoms with Gasteiger partial charge in [-0.25, -0.2) is 0 Å². The lowest BCUT2D eigenvalue weighted by Gasteiger charge is -2.23. The Bertz CT molecular complexity index is 289. The van der Waals surface area contributed by atoms with E-state index in [2.05, 4.69) is 13.5 Å². The summed E-state index contributed by atoms with van der Waals surface area (Å²) in [5.74, 6) is -0.169. The average molecular weight is 294 g/mol. The van der Waals surface area contributed by atoms with Crippen molar-refractivity contribution in [1.82, 2.24) is 4.90 Å². The molecule has 1 unspecified atom stereocenters. The lowest BCUT2D eigenvalue weighted by molar-refractivity contribution is -0.119. The highest BCUT2D eigenvalue weighted by Gasteiger charge is 2.19. The second-order valence-corrected chi connectivity index (χ2v) is 5.73. The first-order valence-electron chi connectivity index (χ1n) is 8.43. The molecule has 1 radical (unpaired) electrons. The predicted molar refractivity (Wildman–Crippen MR) is 88.9 cm³/mol. The zero-order valence-corrected chi connectivity index (χ0v) is 13.9. The maximum atomic E-state index is 11.3. The van der Waals surface area contributed by atoms with Crippen molar-refractivity contribution in [2.24, 2.45) is 0 Å². The van der Waals surface area contributed by atoms with Crippen LogP contribution in [0.4, 0.5) is 0 Å². The molecule has 0 fully saturated rings. The van der Waals surface area contributed by atoms with Gasteiger partial charge in [0.25, 0.3) is 0 Å². The average Bonchev–Trinajstić information content (AvgIpc) is 2.47. The topological polar surface area (TPSA) is 37.4 Å². The molecule has 121 valence electrons. The summed E-state index contributed by atoms with van der Waals surface area (Å²) in [7, 11) is 0. The van der Waals surface area contributed by atoms with Crippen molar-refractivity contribution in [3.8, 4) is 0 Å². The van der Waals surface area contributed by atoms with E-state index in [1.165, 1.54) is 58.3 Å². The molecule has 0 aliphatic heterocycles. The minimum atomic E-state index is -0.777. The Labute approximate surface area is 130 Å². The molecule has 3 nitrogen and oxygen atoms in total. The first kappa shape index (κ1) is 19.9. The third-order valence-corrected chi connectivity index (χ3v) is 3.83. The molecule has 0 aliphatic carbocycles. The summed E-state index contributed by atoms with van der Waals surface area (Å²) in [6, 6.07) is -0.777. The van der Waals surface area contributed by atoms with Crippen LogP contribution in [0.1, 0.15) is 78.1 Å². The molecule has 3 heteroatoms. The zero-order chi connectivity index (χ0) is 15.9. The van der Waals surface area contributed by atoms with Crippen LogP contribution in [0.3, 0.4) is 0 Å². The van der Waals surface area contributed by atoms with E-state index >= 15 is 0 Å². The molecule has 0 bridgehead atoms. The van der Waals surface area contributed by atoms with Gasteiger partial charge >= 0.3 is 0 Å². The van der Waals surface area contributed by atoms with Crippen LogP contribution in [0.5, 0.6) is 0 Å². The molecular formula is C18H32NO2. The van der Waals surface area contributed by atoms with E-state index < -0.39 is 6.04 Å². The van der Waals surface area contributed by atoms with Crippen LogP contribution in [0, 0.1) is 0 Å². The SMILES string of the molecule is C=CN(CCCCCCCCCCCC)C([C]=O)C(C)=O. The van der Waals surface area contributed by atoms with Crippen LogP contribution < -0.4 is 0 Å². The number of carbonyl (C=O) groups is 1. The third kappa shape index (κ3) is 10.3. The molecular weight excluding hydrogens is 262 g/mol. The Kier molecular flexibility index (Phi) is 13.1. The van der Waals surface area contributed by atoms with Crippen LogP contribution in [0.2, 0.25) is 0 Å². The second kappa shape index (κ2) is 13.8. The number of nitrogens with zero attached hydrogens (tertiary/aromatic N) is 1. The molecule has 0 rings (SSSR count). The largest absolute Gasteiger partial charge is 0.361 e. The molecule has 0 amide bonds. The van der Waals surface area contributed by atoms with Crippen molar-refractivity contribution >= 4 is 12.1 Å². The van der Waals surface area contributed by atoms with E-state index in [1.54, 1.807) is 17.4 Å². The highest BCUT2D eigenvalue weighted by Crippen LogP contribution is 2.11. The van der Waals surface area contributed by atoms with Gasteiger partial charge in [-0.2, -0.15) is 0 Å². The van der Waals surface area contributed by atoms with Gasteiger partial charge < -0.3 is 4.90 Å². The number of ketones is 1. The number of hydrogen-bond donors (Lipinski definition) is 0. The van der Waals surface area contributed by atoms with E-state index in [1.807, 2.05) is 0 Å².